The Hall–Kier alpha value is 0.150. The Morgan fingerprint density at radius 2 is 1.58 bits per heavy atom. The van der Waals surface area contributed by atoms with E-state index in [1.54, 1.807) is 0 Å². The molecule has 0 rings (SSSR count). The highest BCUT2D eigenvalue weighted by molar-refractivity contribution is 7.53. The maximum Gasteiger partial charge on any atom is 0.331 e. The summed E-state index contributed by atoms with van der Waals surface area (Å²) in [5.41, 5.74) is 0. The molecule has 0 atom stereocenters. The summed E-state index contributed by atoms with van der Waals surface area (Å²) >= 11 is 0. The van der Waals surface area contributed by atoms with Crippen LogP contribution in [0.25, 0.3) is 0 Å². The van der Waals surface area contributed by atoms with Crippen molar-refractivity contribution >= 4 is 7.60 Å². The van der Waals surface area contributed by atoms with Crippen molar-refractivity contribution in [2.24, 2.45) is 0 Å². The Morgan fingerprint density at radius 1 is 1.17 bits per heavy atom. The molecular weight excluding hydrogens is 175 g/mol. The van der Waals surface area contributed by atoms with Crippen LogP contribution in [0.3, 0.4) is 0 Å². The van der Waals surface area contributed by atoms with Crippen LogP contribution in [-0.2, 0) is 4.57 Å². The fraction of sp³-hybridized carbons (Fsp3) is 1.00. The molecule has 3 nitrogen and oxygen atoms in total. The van der Waals surface area contributed by atoms with E-state index in [2.05, 4.69) is 0 Å². The lowest BCUT2D eigenvalue weighted by Crippen LogP contribution is -2.26. The molecule has 0 amide bonds. The second kappa shape index (κ2) is 4.40. The van der Waals surface area contributed by atoms with Crippen LogP contribution < -0.4 is 0 Å². The minimum Gasteiger partial charge on any atom is -0.324 e. The number of rotatable bonds is 5. The highest BCUT2D eigenvalue weighted by atomic mass is 31.2. The Balaban J connectivity index is 4.70. The molecule has 0 aliphatic carbocycles. The van der Waals surface area contributed by atoms with Crippen LogP contribution in [0.4, 0.5) is 0 Å². The van der Waals surface area contributed by atoms with E-state index in [1.807, 2.05) is 20.8 Å². The van der Waals surface area contributed by atoms with Gasteiger partial charge in [0.15, 0.2) is 0 Å². The number of hydrogen-bond acceptors (Lipinski definition) is 1. The summed E-state index contributed by atoms with van der Waals surface area (Å²) in [7, 11) is -3.92. The normalized spacial score (nSPS) is 13.4. The standard InChI is InChI=1S/C8H19O3P/c1-4-7-8(5-2,6-3)12(9,10)11/h4-7H2,1-3H3,(H2,9,10,11). The van der Waals surface area contributed by atoms with Crippen LogP contribution in [0.1, 0.15) is 46.5 Å². The Kier molecular flexibility index (Phi) is 4.46. The van der Waals surface area contributed by atoms with E-state index in [1.165, 1.54) is 0 Å². The predicted molar refractivity (Wildman–Crippen MR) is 50.3 cm³/mol. The van der Waals surface area contributed by atoms with E-state index in [0.717, 1.165) is 6.42 Å². The maximum absolute atomic E-state index is 11.2. The Labute approximate surface area is 74.3 Å². The molecule has 12 heavy (non-hydrogen) atoms. The van der Waals surface area contributed by atoms with Gasteiger partial charge >= 0.3 is 7.60 Å². The fourth-order valence-electron chi connectivity index (χ4n) is 1.63. The van der Waals surface area contributed by atoms with Gasteiger partial charge in [0, 0.05) is 0 Å². The third-order valence-corrected chi connectivity index (χ3v) is 4.74. The van der Waals surface area contributed by atoms with Gasteiger partial charge in [-0.05, 0) is 19.3 Å². The molecule has 0 aromatic heterocycles. The predicted octanol–water partition coefficient (Wildman–Crippen LogP) is 2.52. The molecule has 0 aromatic carbocycles. The highest BCUT2D eigenvalue weighted by Crippen LogP contribution is 2.56. The maximum atomic E-state index is 11.2. The monoisotopic (exact) mass is 194 g/mol. The van der Waals surface area contributed by atoms with Crippen molar-refractivity contribution in [2.75, 3.05) is 0 Å². The van der Waals surface area contributed by atoms with Gasteiger partial charge < -0.3 is 9.79 Å². The van der Waals surface area contributed by atoms with Crippen LogP contribution >= 0.6 is 7.60 Å². The third kappa shape index (κ3) is 2.32. The molecule has 0 bridgehead atoms. The lowest BCUT2D eigenvalue weighted by atomic mass is 9.97. The van der Waals surface area contributed by atoms with Crippen molar-refractivity contribution in [3.8, 4) is 0 Å². The van der Waals surface area contributed by atoms with E-state index in [0.29, 0.717) is 19.3 Å². The van der Waals surface area contributed by atoms with Crippen LogP contribution in [0.2, 0.25) is 0 Å². The van der Waals surface area contributed by atoms with Gasteiger partial charge in [-0.25, -0.2) is 0 Å². The van der Waals surface area contributed by atoms with E-state index in [4.69, 9.17) is 0 Å². The quantitative estimate of drug-likeness (QED) is 0.661. The van der Waals surface area contributed by atoms with Gasteiger partial charge in [-0.3, -0.25) is 4.57 Å². The van der Waals surface area contributed by atoms with Gasteiger partial charge in [-0.2, -0.15) is 0 Å². The van der Waals surface area contributed by atoms with Gasteiger partial charge in [0.1, 0.15) is 0 Å². The first-order chi connectivity index (χ1) is 5.43. The average molecular weight is 194 g/mol. The second-order valence-electron chi connectivity index (χ2n) is 3.23. The highest BCUT2D eigenvalue weighted by Gasteiger charge is 2.42. The largest absolute Gasteiger partial charge is 0.331 e. The molecule has 0 aromatic rings. The smallest absolute Gasteiger partial charge is 0.324 e. The lowest BCUT2D eigenvalue weighted by Gasteiger charge is -2.31. The lowest BCUT2D eigenvalue weighted by molar-refractivity contribution is 0.303. The topological polar surface area (TPSA) is 57.5 Å². The Morgan fingerprint density at radius 3 is 1.67 bits per heavy atom. The molecule has 0 unspecified atom stereocenters. The zero-order valence-electron chi connectivity index (χ0n) is 8.08. The van der Waals surface area contributed by atoms with Crippen LogP contribution in [-0.4, -0.2) is 14.9 Å². The van der Waals surface area contributed by atoms with Gasteiger partial charge in [0.2, 0.25) is 0 Å². The molecule has 0 aliphatic rings. The molecular formula is C8H19O3P. The van der Waals surface area contributed by atoms with E-state index >= 15 is 0 Å². The van der Waals surface area contributed by atoms with E-state index in [9.17, 15) is 14.4 Å². The zero-order valence-corrected chi connectivity index (χ0v) is 8.97. The van der Waals surface area contributed by atoms with Gasteiger partial charge in [-0.1, -0.05) is 27.2 Å². The van der Waals surface area contributed by atoms with Crippen molar-refractivity contribution < 1.29 is 14.4 Å². The first-order valence-corrected chi connectivity index (χ1v) is 6.10. The molecule has 0 aliphatic heterocycles. The second-order valence-corrected chi connectivity index (χ2v) is 5.26. The molecule has 0 spiro atoms. The van der Waals surface area contributed by atoms with Crippen LogP contribution in [0.5, 0.6) is 0 Å². The zero-order chi connectivity index (χ0) is 9.83. The molecule has 0 fully saturated rings. The summed E-state index contributed by atoms with van der Waals surface area (Å²) in [6.45, 7) is 5.65. The summed E-state index contributed by atoms with van der Waals surface area (Å²) < 4.78 is 11.2. The molecule has 0 radical (unpaired) electrons. The summed E-state index contributed by atoms with van der Waals surface area (Å²) in [6.07, 6.45) is 2.56. The molecule has 0 heterocycles. The molecule has 4 heteroatoms. The third-order valence-electron chi connectivity index (χ3n) is 2.65. The fourth-order valence-corrected chi connectivity index (χ4v) is 2.97. The van der Waals surface area contributed by atoms with Gasteiger partial charge in [-0.15, -0.1) is 0 Å². The molecule has 0 saturated carbocycles. The number of hydrogen-bond donors (Lipinski definition) is 2. The summed E-state index contributed by atoms with van der Waals surface area (Å²) in [4.78, 5) is 18.3. The van der Waals surface area contributed by atoms with Gasteiger partial charge in [0.25, 0.3) is 0 Å². The van der Waals surface area contributed by atoms with E-state index < -0.39 is 12.8 Å². The van der Waals surface area contributed by atoms with Crippen molar-refractivity contribution in [1.82, 2.24) is 0 Å². The van der Waals surface area contributed by atoms with Crippen LogP contribution in [0, 0.1) is 0 Å². The van der Waals surface area contributed by atoms with Crippen LogP contribution in [0.15, 0.2) is 0 Å². The summed E-state index contributed by atoms with van der Waals surface area (Å²) in [5.74, 6) is 0. The summed E-state index contributed by atoms with van der Waals surface area (Å²) in [5, 5.41) is -0.762. The van der Waals surface area contributed by atoms with Crippen molar-refractivity contribution in [1.29, 1.82) is 0 Å². The minimum atomic E-state index is -3.92. The molecule has 2 N–H and O–H groups in total. The van der Waals surface area contributed by atoms with Crippen molar-refractivity contribution in [2.45, 2.75) is 51.6 Å². The minimum absolute atomic E-state index is 0.557. The first kappa shape index (κ1) is 12.2. The van der Waals surface area contributed by atoms with Crippen molar-refractivity contribution in [3.63, 3.8) is 0 Å². The van der Waals surface area contributed by atoms with Crippen molar-refractivity contribution in [3.05, 3.63) is 0 Å². The molecule has 74 valence electrons. The summed E-state index contributed by atoms with van der Waals surface area (Å²) in [6, 6.07) is 0. The SMILES string of the molecule is CCCC(CC)(CC)P(=O)(O)O. The average Bonchev–Trinajstić information content (AvgIpc) is 1.98. The Bertz CT molecular complexity index is 169. The van der Waals surface area contributed by atoms with Gasteiger partial charge in [0.05, 0.1) is 5.16 Å². The molecule has 0 saturated heterocycles. The first-order valence-electron chi connectivity index (χ1n) is 4.49. The van der Waals surface area contributed by atoms with E-state index in [-0.39, 0.29) is 0 Å².